The predicted molar refractivity (Wildman–Crippen MR) is 83.4 cm³/mol. The Labute approximate surface area is 127 Å². The van der Waals surface area contributed by atoms with Crippen molar-refractivity contribution in [2.24, 2.45) is 11.8 Å². The van der Waals surface area contributed by atoms with E-state index in [9.17, 15) is 10.1 Å². The van der Waals surface area contributed by atoms with Crippen molar-refractivity contribution >= 4 is 5.91 Å². The molecule has 1 aliphatic carbocycles. The molecule has 0 spiro atoms. The van der Waals surface area contributed by atoms with Gasteiger partial charge in [0.2, 0.25) is 5.91 Å². The largest absolute Gasteiger partial charge is 0.352 e. The molecule has 1 atom stereocenters. The van der Waals surface area contributed by atoms with E-state index in [1.807, 2.05) is 30.3 Å². The van der Waals surface area contributed by atoms with Gasteiger partial charge in [-0.15, -0.1) is 0 Å². The molecule has 1 saturated carbocycles. The molecule has 1 N–H and O–H groups in total. The summed E-state index contributed by atoms with van der Waals surface area (Å²) in [6.45, 7) is 2.23. The van der Waals surface area contributed by atoms with Gasteiger partial charge >= 0.3 is 0 Å². The maximum atomic E-state index is 12.3. The van der Waals surface area contributed by atoms with Crippen LogP contribution in [0.2, 0.25) is 0 Å². The molecule has 1 aromatic rings. The molecule has 1 unspecified atom stereocenters. The molecule has 3 nitrogen and oxygen atoms in total. The second-order valence-corrected chi connectivity index (χ2v) is 6.01. The highest BCUT2D eigenvalue weighted by Gasteiger charge is 2.25. The number of hydrogen-bond donors (Lipinski definition) is 1. The highest BCUT2D eigenvalue weighted by atomic mass is 16.1. The molecule has 21 heavy (non-hydrogen) atoms. The summed E-state index contributed by atoms with van der Waals surface area (Å²) in [5.41, 5.74) is 1.04. The van der Waals surface area contributed by atoms with E-state index in [1.165, 1.54) is 19.3 Å². The Bertz CT molecular complexity index is 484. The van der Waals surface area contributed by atoms with Gasteiger partial charge < -0.3 is 5.32 Å². The number of hydrogen-bond acceptors (Lipinski definition) is 2. The third-order valence-electron chi connectivity index (χ3n) is 4.53. The zero-order valence-corrected chi connectivity index (χ0v) is 12.7. The standard InChI is InChI=1S/C18H24N2O/c1-2-14-8-10-17(11-9-14)20-18(21)16(13-19)12-15-6-4-3-5-7-15/h3-7,14,16-17H,2,8-12H2,1H3,(H,20,21). The quantitative estimate of drug-likeness (QED) is 0.900. The molecule has 1 aliphatic rings. The summed E-state index contributed by atoms with van der Waals surface area (Å²) in [4.78, 5) is 12.3. The average molecular weight is 284 g/mol. The van der Waals surface area contributed by atoms with Gasteiger partial charge in [-0.2, -0.15) is 5.26 Å². The first-order valence-corrected chi connectivity index (χ1v) is 7.96. The van der Waals surface area contributed by atoms with Crippen LogP contribution in [-0.4, -0.2) is 11.9 Å². The summed E-state index contributed by atoms with van der Waals surface area (Å²) in [7, 11) is 0. The van der Waals surface area contributed by atoms with Crippen LogP contribution in [-0.2, 0) is 11.2 Å². The van der Waals surface area contributed by atoms with E-state index in [0.29, 0.717) is 6.42 Å². The number of rotatable bonds is 5. The van der Waals surface area contributed by atoms with Crippen LogP contribution < -0.4 is 5.32 Å². The molecule has 112 valence electrons. The van der Waals surface area contributed by atoms with E-state index in [-0.39, 0.29) is 11.9 Å². The maximum Gasteiger partial charge on any atom is 0.237 e. The van der Waals surface area contributed by atoms with E-state index in [4.69, 9.17) is 0 Å². The molecular formula is C18H24N2O. The molecule has 0 aliphatic heterocycles. The molecule has 0 bridgehead atoms. The lowest BCUT2D eigenvalue weighted by Gasteiger charge is -2.29. The number of nitrogens with one attached hydrogen (secondary N) is 1. The van der Waals surface area contributed by atoms with E-state index in [1.54, 1.807) is 0 Å². The van der Waals surface area contributed by atoms with E-state index < -0.39 is 5.92 Å². The molecule has 1 aromatic carbocycles. The third-order valence-corrected chi connectivity index (χ3v) is 4.53. The van der Waals surface area contributed by atoms with Crippen LogP contribution in [0.3, 0.4) is 0 Å². The Kier molecular flexibility index (Phi) is 5.80. The minimum Gasteiger partial charge on any atom is -0.352 e. The van der Waals surface area contributed by atoms with Crippen molar-refractivity contribution in [2.75, 3.05) is 0 Å². The molecule has 1 fully saturated rings. The molecule has 0 heterocycles. The van der Waals surface area contributed by atoms with Crippen molar-refractivity contribution in [1.82, 2.24) is 5.32 Å². The summed E-state index contributed by atoms with van der Waals surface area (Å²) < 4.78 is 0. The number of amides is 1. The van der Waals surface area contributed by atoms with Crippen molar-refractivity contribution in [3.63, 3.8) is 0 Å². The smallest absolute Gasteiger partial charge is 0.237 e. The molecule has 2 rings (SSSR count). The third kappa shape index (κ3) is 4.60. The fourth-order valence-electron chi connectivity index (χ4n) is 3.06. The minimum absolute atomic E-state index is 0.110. The first-order valence-electron chi connectivity index (χ1n) is 7.96. The van der Waals surface area contributed by atoms with Gasteiger partial charge in [0.05, 0.1) is 6.07 Å². The van der Waals surface area contributed by atoms with Gasteiger partial charge in [0.25, 0.3) is 0 Å². The minimum atomic E-state index is -0.587. The lowest BCUT2D eigenvalue weighted by molar-refractivity contribution is -0.124. The molecule has 0 radical (unpaired) electrons. The topological polar surface area (TPSA) is 52.9 Å². The first kappa shape index (κ1) is 15.6. The Morgan fingerprint density at radius 1 is 1.29 bits per heavy atom. The van der Waals surface area contributed by atoms with Crippen LogP contribution in [0.1, 0.15) is 44.6 Å². The Morgan fingerprint density at radius 2 is 1.95 bits per heavy atom. The van der Waals surface area contributed by atoms with Crippen LogP contribution >= 0.6 is 0 Å². The normalized spacial score (nSPS) is 23.0. The van der Waals surface area contributed by atoms with Gasteiger partial charge in [0, 0.05) is 6.04 Å². The molecule has 0 aromatic heterocycles. The predicted octanol–water partition coefficient (Wildman–Crippen LogP) is 3.45. The highest BCUT2D eigenvalue weighted by molar-refractivity contribution is 5.81. The van der Waals surface area contributed by atoms with Crippen LogP contribution in [0.4, 0.5) is 0 Å². The van der Waals surface area contributed by atoms with E-state index in [2.05, 4.69) is 18.3 Å². The van der Waals surface area contributed by atoms with Crippen LogP contribution in [0.5, 0.6) is 0 Å². The Balaban J connectivity index is 1.85. The second-order valence-electron chi connectivity index (χ2n) is 6.01. The molecular weight excluding hydrogens is 260 g/mol. The van der Waals surface area contributed by atoms with Gasteiger partial charge in [-0.05, 0) is 43.6 Å². The summed E-state index contributed by atoms with van der Waals surface area (Å²) in [5, 5.41) is 12.3. The number of nitrogens with zero attached hydrogens (tertiary/aromatic N) is 1. The zero-order chi connectivity index (χ0) is 15.1. The lowest BCUT2D eigenvalue weighted by atomic mass is 9.84. The Hall–Kier alpha value is -1.82. The van der Waals surface area contributed by atoms with Gasteiger partial charge in [-0.1, -0.05) is 43.7 Å². The second kappa shape index (κ2) is 7.83. The van der Waals surface area contributed by atoms with Crippen molar-refractivity contribution < 1.29 is 4.79 Å². The van der Waals surface area contributed by atoms with Crippen molar-refractivity contribution in [3.05, 3.63) is 35.9 Å². The van der Waals surface area contributed by atoms with Gasteiger partial charge in [-0.3, -0.25) is 4.79 Å². The molecule has 3 heteroatoms. The van der Waals surface area contributed by atoms with Gasteiger partial charge in [0.15, 0.2) is 0 Å². The lowest BCUT2D eigenvalue weighted by Crippen LogP contribution is -2.41. The fourth-order valence-corrected chi connectivity index (χ4v) is 3.06. The van der Waals surface area contributed by atoms with Crippen LogP contribution in [0, 0.1) is 23.2 Å². The first-order chi connectivity index (χ1) is 10.2. The van der Waals surface area contributed by atoms with Gasteiger partial charge in [0.1, 0.15) is 5.92 Å². The van der Waals surface area contributed by atoms with E-state index in [0.717, 1.165) is 24.3 Å². The molecule has 1 amide bonds. The summed E-state index contributed by atoms with van der Waals surface area (Å²) in [5.74, 6) is 0.117. The van der Waals surface area contributed by atoms with Crippen molar-refractivity contribution in [2.45, 2.75) is 51.5 Å². The SMILES string of the molecule is CCC1CCC(NC(=O)C(C#N)Cc2ccccc2)CC1. The number of nitriles is 1. The van der Waals surface area contributed by atoms with Crippen LogP contribution in [0.25, 0.3) is 0 Å². The maximum absolute atomic E-state index is 12.3. The number of benzene rings is 1. The van der Waals surface area contributed by atoms with Crippen molar-refractivity contribution in [1.29, 1.82) is 5.26 Å². The summed E-state index contributed by atoms with van der Waals surface area (Å²) in [6, 6.07) is 12.1. The Morgan fingerprint density at radius 3 is 2.52 bits per heavy atom. The van der Waals surface area contributed by atoms with E-state index >= 15 is 0 Å². The van der Waals surface area contributed by atoms with Crippen molar-refractivity contribution in [3.8, 4) is 6.07 Å². The number of carbonyl (C=O) groups excluding carboxylic acids is 1. The van der Waals surface area contributed by atoms with Crippen LogP contribution in [0.15, 0.2) is 30.3 Å². The monoisotopic (exact) mass is 284 g/mol. The molecule has 0 saturated heterocycles. The van der Waals surface area contributed by atoms with Gasteiger partial charge in [-0.25, -0.2) is 0 Å². The average Bonchev–Trinajstić information content (AvgIpc) is 2.54. The zero-order valence-electron chi connectivity index (χ0n) is 12.7. The number of carbonyl (C=O) groups is 1. The highest BCUT2D eigenvalue weighted by Crippen LogP contribution is 2.26. The summed E-state index contributed by atoms with van der Waals surface area (Å²) >= 11 is 0. The fraction of sp³-hybridized carbons (Fsp3) is 0.556. The summed E-state index contributed by atoms with van der Waals surface area (Å²) in [6.07, 6.45) is 6.21.